The van der Waals surface area contributed by atoms with Gasteiger partial charge in [0.1, 0.15) is 0 Å². The van der Waals surface area contributed by atoms with E-state index in [4.69, 9.17) is 5.73 Å². The van der Waals surface area contributed by atoms with Crippen LogP contribution >= 0.6 is 15.9 Å². The lowest BCUT2D eigenvalue weighted by atomic mass is 10.1. The Balaban J connectivity index is 2.41. The van der Waals surface area contributed by atoms with Gasteiger partial charge < -0.3 is 16.4 Å². The van der Waals surface area contributed by atoms with E-state index in [1.165, 1.54) is 0 Å². The summed E-state index contributed by atoms with van der Waals surface area (Å²) in [5, 5.41) is 5.42. The fourth-order valence-electron chi connectivity index (χ4n) is 1.40. The number of nitrogens with one attached hydrogen (secondary N) is 2. The normalized spacial score (nSPS) is 10.3. The quantitative estimate of drug-likeness (QED) is 0.566. The molecule has 104 valence electrons. The predicted molar refractivity (Wildman–Crippen MR) is 78.7 cm³/mol. The van der Waals surface area contributed by atoms with Crippen LogP contribution in [0.4, 0.5) is 5.69 Å². The molecule has 1 aromatic rings. The molecular formula is C13H18BrN3O2. The minimum atomic E-state index is -0.246. The van der Waals surface area contributed by atoms with Crippen LogP contribution in [0.3, 0.4) is 0 Å². The van der Waals surface area contributed by atoms with Crippen LogP contribution in [0.1, 0.15) is 24.2 Å². The summed E-state index contributed by atoms with van der Waals surface area (Å²) in [6.07, 6.45) is 0. The largest absolute Gasteiger partial charge is 0.398 e. The van der Waals surface area contributed by atoms with Crippen LogP contribution in [0.25, 0.3) is 0 Å². The summed E-state index contributed by atoms with van der Waals surface area (Å²) < 4.78 is 0.825. The minimum absolute atomic E-state index is 0.0302. The molecule has 1 rings (SSSR count). The van der Waals surface area contributed by atoms with Gasteiger partial charge in [-0.1, -0.05) is 29.8 Å². The molecule has 0 aliphatic heterocycles. The van der Waals surface area contributed by atoms with Gasteiger partial charge in [-0.25, -0.2) is 0 Å². The molecule has 0 bridgehead atoms. The van der Waals surface area contributed by atoms with Crippen LogP contribution in [0, 0.1) is 5.92 Å². The number of carbonyl (C=O) groups is 2. The number of carbonyl (C=O) groups excluding carboxylic acids is 2. The molecule has 19 heavy (non-hydrogen) atoms. The average Bonchev–Trinajstić information content (AvgIpc) is 2.33. The van der Waals surface area contributed by atoms with E-state index in [2.05, 4.69) is 26.6 Å². The fourth-order valence-corrected chi connectivity index (χ4v) is 1.78. The van der Waals surface area contributed by atoms with Crippen molar-refractivity contribution >= 4 is 33.4 Å². The van der Waals surface area contributed by atoms with Gasteiger partial charge in [-0.3, -0.25) is 9.59 Å². The van der Waals surface area contributed by atoms with E-state index in [-0.39, 0.29) is 17.7 Å². The number of hydrogen-bond acceptors (Lipinski definition) is 3. The molecule has 0 aliphatic rings. The Morgan fingerprint density at radius 1 is 1.26 bits per heavy atom. The monoisotopic (exact) mass is 327 g/mol. The second kappa shape index (κ2) is 7.13. The van der Waals surface area contributed by atoms with Gasteiger partial charge in [0.25, 0.3) is 5.91 Å². The highest BCUT2D eigenvalue weighted by atomic mass is 79.9. The Bertz CT molecular complexity index is 475. The molecule has 0 aliphatic carbocycles. The average molecular weight is 328 g/mol. The summed E-state index contributed by atoms with van der Waals surface area (Å²) in [6.45, 7) is 4.40. The van der Waals surface area contributed by atoms with Gasteiger partial charge in [0.2, 0.25) is 5.91 Å². The van der Waals surface area contributed by atoms with E-state index < -0.39 is 0 Å². The molecule has 0 heterocycles. The van der Waals surface area contributed by atoms with E-state index in [0.29, 0.717) is 24.3 Å². The molecule has 0 saturated heterocycles. The first-order valence-electron chi connectivity index (χ1n) is 6.02. The van der Waals surface area contributed by atoms with Crippen LogP contribution in [-0.2, 0) is 4.79 Å². The van der Waals surface area contributed by atoms with Gasteiger partial charge in [-0.2, -0.15) is 0 Å². The highest BCUT2D eigenvalue weighted by Crippen LogP contribution is 2.18. The summed E-state index contributed by atoms with van der Waals surface area (Å²) in [7, 11) is 0. The Morgan fingerprint density at radius 3 is 2.47 bits per heavy atom. The molecule has 4 N–H and O–H groups in total. The molecule has 0 atom stereocenters. The second-order valence-corrected chi connectivity index (χ2v) is 5.35. The van der Waals surface area contributed by atoms with Crippen LogP contribution in [0.2, 0.25) is 0 Å². The first-order chi connectivity index (χ1) is 8.91. The molecule has 0 aromatic heterocycles. The summed E-state index contributed by atoms with van der Waals surface area (Å²) in [6, 6.07) is 5.09. The Kier molecular flexibility index (Phi) is 5.82. The van der Waals surface area contributed by atoms with Crippen molar-refractivity contribution in [2.45, 2.75) is 13.8 Å². The number of anilines is 1. The molecule has 6 heteroatoms. The second-order valence-electron chi connectivity index (χ2n) is 4.43. The standard InChI is InChI=1S/C13H18BrN3O2/c1-8(2)12(18)16-5-6-17-13(19)10-4-3-9(14)7-11(10)15/h3-4,7-8H,5-6,15H2,1-2H3,(H,16,18)(H,17,19). The topological polar surface area (TPSA) is 84.2 Å². The summed E-state index contributed by atoms with van der Waals surface area (Å²) in [5.41, 5.74) is 6.60. The predicted octanol–water partition coefficient (Wildman–Crippen LogP) is 1.53. The van der Waals surface area contributed by atoms with Gasteiger partial charge >= 0.3 is 0 Å². The van der Waals surface area contributed by atoms with E-state index in [1.54, 1.807) is 18.2 Å². The maximum Gasteiger partial charge on any atom is 0.253 e. The lowest BCUT2D eigenvalue weighted by Gasteiger charge is -2.10. The number of amides is 2. The first kappa shape index (κ1) is 15.5. The minimum Gasteiger partial charge on any atom is -0.398 e. The number of hydrogen-bond donors (Lipinski definition) is 3. The van der Waals surface area contributed by atoms with Crippen molar-refractivity contribution in [1.29, 1.82) is 0 Å². The van der Waals surface area contributed by atoms with Crippen molar-refractivity contribution in [2.24, 2.45) is 5.92 Å². The Hall–Kier alpha value is -1.56. The van der Waals surface area contributed by atoms with Gasteiger partial charge in [0, 0.05) is 29.2 Å². The van der Waals surface area contributed by atoms with Crippen molar-refractivity contribution in [3.8, 4) is 0 Å². The van der Waals surface area contributed by atoms with Crippen molar-refractivity contribution in [1.82, 2.24) is 10.6 Å². The number of benzene rings is 1. The molecule has 0 spiro atoms. The SMILES string of the molecule is CC(C)C(=O)NCCNC(=O)c1ccc(Br)cc1N. The van der Waals surface area contributed by atoms with Gasteiger partial charge in [0.15, 0.2) is 0 Å². The number of halogens is 1. The number of rotatable bonds is 5. The fraction of sp³-hybridized carbons (Fsp3) is 0.385. The Labute approximate surface area is 121 Å². The maximum atomic E-state index is 11.8. The van der Waals surface area contributed by atoms with Crippen LogP contribution < -0.4 is 16.4 Å². The third kappa shape index (κ3) is 4.90. The van der Waals surface area contributed by atoms with E-state index in [9.17, 15) is 9.59 Å². The maximum absolute atomic E-state index is 11.8. The number of nitrogens with two attached hydrogens (primary N) is 1. The molecule has 1 aromatic carbocycles. The summed E-state index contributed by atoms with van der Waals surface area (Å²) in [4.78, 5) is 23.1. The lowest BCUT2D eigenvalue weighted by molar-refractivity contribution is -0.123. The third-order valence-electron chi connectivity index (χ3n) is 2.49. The van der Waals surface area contributed by atoms with Crippen LogP contribution in [-0.4, -0.2) is 24.9 Å². The zero-order valence-corrected chi connectivity index (χ0v) is 12.6. The molecule has 0 saturated carbocycles. The molecular weight excluding hydrogens is 310 g/mol. The van der Waals surface area contributed by atoms with Crippen LogP contribution in [0.5, 0.6) is 0 Å². The van der Waals surface area contributed by atoms with Crippen molar-refractivity contribution in [3.05, 3.63) is 28.2 Å². The summed E-state index contributed by atoms with van der Waals surface area (Å²) in [5.74, 6) is -0.334. The smallest absolute Gasteiger partial charge is 0.253 e. The number of nitrogen functional groups attached to an aromatic ring is 1. The zero-order chi connectivity index (χ0) is 14.4. The highest BCUT2D eigenvalue weighted by molar-refractivity contribution is 9.10. The van der Waals surface area contributed by atoms with Crippen molar-refractivity contribution in [2.75, 3.05) is 18.8 Å². The molecule has 5 nitrogen and oxygen atoms in total. The highest BCUT2D eigenvalue weighted by Gasteiger charge is 2.10. The third-order valence-corrected chi connectivity index (χ3v) is 2.99. The molecule has 2 amide bonds. The van der Waals surface area contributed by atoms with E-state index in [1.807, 2.05) is 13.8 Å². The summed E-state index contributed by atoms with van der Waals surface area (Å²) >= 11 is 3.28. The molecule has 0 unspecified atom stereocenters. The van der Waals surface area contributed by atoms with Gasteiger partial charge in [-0.15, -0.1) is 0 Å². The van der Waals surface area contributed by atoms with Gasteiger partial charge in [-0.05, 0) is 18.2 Å². The van der Waals surface area contributed by atoms with Crippen molar-refractivity contribution in [3.63, 3.8) is 0 Å². The molecule has 0 radical (unpaired) electrons. The lowest BCUT2D eigenvalue weighted by Crippen LogP contribution is -2.36. The Morgan fingerprint density at radius 2 is 1.89 bits per heavy atom. The van der Waals surface area contributed by atoms with Crippen LogP contribution in [0.15, 0.2) is 22.7 Å². The van der Waals surface area contributed by atoms with E-state index >= 15 is 0 Å². The van der Waals surface area contributed by atoms with Gasteiger partial charge in [0.05, 0.1) is 5.56 Å². The van der Waals surface area contributed by atoms with Crippen molar-refractivity contribution < 1.29 is 9.59 Å². The zero-order valence-electron chi connectivity index (χ0n) is 11.0. The molecule has 0 fully saturated rings. The first-order valence-corrected chi connectivity index (χ1v) is 6.82. The van der Waals surface area contributed by atoms with E-state index in [0.717, 1.165) is 4.47 Å².